The number of benzene rings is 1. The molecule has 0 saturated carbocycles. The minimum Gasteiger partial charge on any atom is -0.399 e. The minimum absolute atomic E-state index is 0.723. The predicted molar refractivity (Wildman–Crippen MR) is 84.1 cm³/mol. The van der Waals surface area contributed by atoms with Crippen molar-refractivity contribution in [1.82, 2.24) is 0 Å². The Morgan fingerprint density at radius 3 is 2.00 bits per heavy atom. The van der Waals surface area contributed by atoms with Crippen molar-refractivity contribution >= 4 is 5.69 Å². The molecule has 0 aliphatic heterocycles. The Balaban J connectivity index is 0.00000137. The topological polar surface area (TPSA) is 26.0 Å². The molecule has 0 amide bonds. The molecule has 0 bridgehead atoms. The quantitative estimate of drug-likeness (QED) is 0.658. The van der Waals surface area contributed by atoms with Gasteiger partial charge in [0, 0.05) is 5.69 Å². The van der Waals surface area contributed by atoms with Crippen molar-refractivity contribution in [3.05, 3.63) is 29.3 Å². The van der Waals surface area contributed by atoms with Crippen LogP contribution >= 0.6 is 0 Å². The maximum absolute atomic E-state index is 5.95. The zero-order valence-electron chi connectivity index (χ0n) is 12.9. The Morgan fingerprint density at radius 2 is 1.56 bits per heavy atom. The summed E-state index contributed by atoms with van der Waals surface area (Å²) in [4.78, 5) is 0. The molecule has 1 aromatic carbocycles. The van der Waals surface area contributed by atoms with E-state index >= 15 is 0 Å². The number of hydrogen-bond acceptors (Lipinski definition) is 1. The Hall–Kier alpha value is -0.980. The molecule has 0 fully saturated rings. The van der Waals surface area contributed by atoms with Crippen LogP contribution in [0.4, 0.5) is 5.69 Å². The third kappa shape index (κ3) is 5.12. The fourth-order valence-electron chi connectivity index (χ4n) is 2.36. The van der Waals surface area contributed by atoms with Gasteiger partial charge in [-0.25, -0.2) is 0 Å². The highest BCUT2D eigenvalue weighted by Gasteiger charge is 2.10. The number of anilines is 1. The van der Waals surface area contributed by atoms with E-state index in [1.165, 1.54) is 36.8 Å². The van der Waals surface area contributed by atoms with Crippen molar-refractivity contribution in [2.45, 2.75) is 72.6 Å². The average molecular weight is 249 g/mol. The van der Waals surface area contributed by atoms with E-state index in [0.717, 1.165) is 18.0 Å². The summed E-state index contributed by atoms with van der Waals surface area (Å²) in [6, 6.07) is 6.60. The first kappa shape index (κ1) is 17.0. The molecule has 1 aromatic rings. The Bertz CT molecular complexity index is 311. The van der Waals surface area contributed by atoms with Crippen molar-refractivity contribution < 1.29 is 0 Å². The monoisotopic (exact) mass is 249 g/mol. The third-order valence-electron chi connectivity index (χ3n) is 3.29. The zero-order chi connectivity index (χ0) is 14.0. The van der Waals surface area contributed by atoms with E-state index in [2.05, 4.69) is 39.0 Å². The van der Waals surface area contributed by atoms with Gasteiger partial charge in [-0.1, -0.05) is 59.6 Å². The van der Waals surface area contributed by atoms with Crippen molar-refractivity contribution in [3.63, 3.8) is 0 Å². The van der Waals surface area contributed by atoms with Crippen molar-refractivity contribution in [2.75, 3.05) is 5.73 Å². The van der Waals surface area contributed by atoms with E-state index in [-0.39, 0.29) is 0 Å². The standard InChI is InChI=1S/C15H25N.C2H6/c1-4-7-13(8-5-2)14-9-10-15(16)12(6-3)11-14;1-2/h9-11,13H,4-8,16H2,1-3H3;1-2H3. The lowest BCUT2D eigenvalue weighted by Crippen LogP contribution is -2.01. The van der Waals surface area contributed by atoms with Gasteiger partial charge in [0.2, 0.25) is 0 Å². The molecule has 1 nitrogen and oxygen atoms in total. The van der Waals surface area contributed by atoms with Gasteiger partial charge in [-0.3, -0.25) is 0 Å². The summed E-state index contributed by atoms with van der Waals surface area (Å²) in [7, 11) is 0. The Labute approximate surface area is 114 Å². The first-order valence-electron chi connectivity index (χ1n) is 7.61. The van der Waals surface area contributed by atoms with Crippen molar-refractivity contribution in [2.24, 2.45) is 0 Å². The number of nitrogens with two attached hydrogens (primary N) is 1. The normalized spacial score (nSPS) is 10.1. The highest BCUT2D eigenvalue weighted by atomic mass is 14.6. The van der Waals surface area contributed by atoms with Gasteiger partial charge in [0.05, 0.1) is 0 Å². The second kappa shape index (κ2) is 9.99. The molecule has 0 heterocycles. The fraction of sp³-hybridized carbons (Fsp3) is 0.647. The summed E-state index contributed by atoms with van der Waals surface area (Å²) in [5.41, 5.74) is 9.67. The summed E-state index contributed by atoms with van der Waals surface area (Å²) in [6.07, 6.45) is 6.14. The van der Waals surface area contributed by atoms with Crippen LogP contribution in [0.1, 0.15) is 77.3 Å². The first-order chi connectivity index (χ1) is 8.72. The molecule has 0 unspecified atom stereocenters. The van der Waals surface area contributed by atoms with E-state index in [9.17, 15) is 0 Å². The van der Waals surface area contributed by atoms with Crippen molar-refractivity contribution in [3.8, 4) is 0 Å². The Kier molecular flexibility index (Phi) is 9.45. The van der Waals surface area contributed by atoms with Crippen LogP contribution in [-0.2, 0) is 6.42 Å². The summed E-state index contributed by atoms with van der Waals surface area (Å²) in [6.45, 7) is 10.7. The summed E-state index contributed by atoms with van der Waals surface area (Å²) in [5, 5.41) is 0. The molecule has 0 aliphatic carbocycles. The zero-order valence-corrected chi connectivity index (χ0v) is 12.9. The molecular weight excluding hydrogens is 218 g/mol. The molecule has 0 spiro atoms. The average Bonchev–Trinajstić information content (AvgIpc) is 2.41. The van der Waals surface area contributed by atoms with E-state index in [4.69, 9.17) is 5.73 Å². The van der Waals surface area contributed by atoms with Crippen LogP contribution in [0.2, 0.25) is 0 Å². The SMILES string of the molecule is CC.CCCC(CCC)c1ccc(N)c(CC)c1. The maximum Gasteiger partial charge on any atom is 0.0346 e. The second-order valence-electron chi connectivity index (χ2n) is 4.59. The molecule has 1 rings (SSSR count). The van der Waals surface area contributed by atoms with E-state index in [1.807, 2.05) is 13.8 Å². The molecule has 2 N–H and O–H groups in total. The Morgan fingerprint density at radius 1 is 1.00 bits per heavy atom. The van der Waals surface area contributed by atoms with Crippen LogP contribution in [0.25, 0.3) is 0 Å². The van der Waals surface area contributed by atoms with Gasteiger partial charge < -0.3 is 5.73 Å². The minimum atomic E-state index is 0.723. The summed E-state index contributed by atoms with van der Waals surface area (Å²) >= 11 is 0. The van der Waals surface area contributed by atoms with Crippen LogP contribution in [0.15, 0.2) is 18.2 Å². The molecule has 0 saturated heterocycles. The lowest BCUT2D eigenvalue weighted by molar-refractivity contribution is 0.560. The van der Waals surface area contributed by atoms with Crippen molar-refractivity contribution in [1.29, 1.82) is 0 Å². The second-order valence-corrected chi connectivity index (χ2v) is 4.59. The number of nitrogen functional groups attached to an aromatic ring is 1. The molecule has 18 heavy (non-hydrogen) atoms. The van der Waals surface area contributed by atoms with E-state index < -0.39 is 0 Å². The van der Waals surface area contributed by atoms with Gasteiger partial charge in [0.1, 0.15) is 0 Å². The van der Waals surface area contributed by atoms with Gasteiger partial charge in [-0.05, 0) is 42.4 Å². The molecule has 0 radical (unpaired) electrons. The molecule has 104 valence electrons. The number of aryl methyl sites for hydroxylation is 1. The first-order valence-corrected chi connectivity index (χ1v) is 7.61. The summed E-state index contributed by atoms with van der Waals surface area (Å²) in [5.74, 6) is 0.723. The van der Waals surface area contributed by atoms with Crippen LogP contribution in [0.5, 0.6) is 0 Å². The van der Waals surface area contributed by atoms with Crippen LogP contribution in [-0.4, -0.2) is 0 Å². The van der Waals surface area contributed by atoms with E-state index in [1.54, 1.807) is 0 Å². The van der Waals surface area contributed by atoms with Gasteiger partial charge in [0.25, 0.3) is 0 Å². The summed E-state index contributed by atoms with van der Waals surface area (Å²) < 4.78 is 0. The van der Waals surface area contributed by atoms with Gasteiger partial charge in [0.15, 0.2) is 0 Å². The third-order valence-corrected chi connectivity index (χ3v) is 3.29. The smallest absolute Gasteiger partial charge is 0.0346 e. The maximum atomic E-state index is 5.95. The van der Waals surface area contributed by atoms with Crippen LogP contribution in [0, 0.1) is 0 Å². The highest BCUT2D eigenvalue weighted by molar-refractivity contribution is 5.49. The number of hydrogen-bond donors (Lipinski definition) is 1. The van der Waals surface area contributed by atoms with Gasteiger partial charge in [-0.2, -0.15) is 0 Å². The largest absolute Gasteiger partial charge is 0.399 e. The van der Waals surface area contributed by atoms with Crippen LogP contribution in [0.3, 0.4) is 0 Å². The highest BCUT2D eigenvalue weighted by Crippen LogP contribution is 2.28. The lowest BCUT2D eigenvalue weighted by Gasteiger charge is -2.17. The van der Waals surface area contributed by atoms with E-state index in [0.29, 0.717) is 0 Å². The molecule has 0 aliphatic rings. The van der Waals surface area contributed by atoms with Gasteiger partial charge in [-0.15, -0.1) is 0 Å². The fourth-order valence-corrected chi connectivity index (χ4v) is 2.36. The molecule has 0 aromatic heterocycles. The predicted octanol–water partition coefficient (Wildman–Crippen LogP) is 5.54. The molecule has 0 atom stereocenters. The molecule has 1 heteroatoms. The van der Waals surface area contributed by atoms with Gasteiger partial charge >= 0.3 is 0 Å². The van der Waals surface area contributed by atoms with Crippen LogP contribution < -0.4 is 5.73 Å². The molecular formula is C17H31N. The number of rotatable bonds is 6. The lowest BCUT2D eigenvalue weighted by atomic mass is 9.89.